The zero-order valence-corrected chi connectivity index (χ0v) is 27.4. The summed E-state index contributed by atoms with van der Waals surface area (Å²) in [6.07, 6.45) is -5.37. The number of unbranched alkanes of at least 4 members (excludes halogenated alkanes) is 1. The Bertz CT molecular complexity index is 1550. The van der Waals surface area contributed by atoms with Crippen molar-refractivity contribution in [2.45, 2.75) is 44.4 Å². The van der Waals surface area contributed by atoms with Crippen LogP contribution < -0.4 is 20.7 Å². The molecule has 14 nitrogen and oxygen atoms in total. The number of non-ortho nitro benzene ring substituents is 1. The number of ether oxygens (including phenoxy) is 4. The van der Waals surface area contributed by atoms with E-state index in [0.29, 0.717) is 31.8 Å². The van der Waals surface area contributed by atoms with Gasteiger partial charge < -0.3 is 40.0 Å². The van der Waals surface area contributed by atoms with Crippen LogP contribution in [0.25, 0.3) is 0 Å². The Morgan fingerprint density at radius 3 is 2.34 bits per heavy atom. The molecule has 3 rings (SSSR count). The van der Waals surface area contributed by atoms with Crippen molar-refractivity contribution in [3.8, 4) is 5.75 Å². The van der Waals surface area contributed by atoms with Crippen molar-refractivity contribution in [1.29, 1.82) is 0 Å². The molecular weight excluding hydrogens is 669 g/mol. The first-order valence-corrected chi connectivity index (χ1v) is 15.6. The number of aliphatic hydroxyl groups excluding tert-OH is 1. The van der Waals surface area contributed by atoms with Gasteiger partial charge in [0, 0.05) is 30.9 Å². The Morgan fingerprint density at radius 1 is 0.980 bits per heavy atom. The van der Waals surface area contributed by atoms with Gasteiger partial charge in [-0.1, -0.05) is 30.3 Å². The minimum absolute atomic E-state index is 0.0149. The molecule has 50 heavy (non-hydrogen) atoms. The summed E-state index contributed by atoms with van der Waals surface area (Å²) < 4.78 is 62.6. The number of esters is 2. The van der Waals surface area contributed by atoms with E-state index in [0.717, 1.165) is 19.2 Å². The van der Waals surface area contributed by atoms with Crippen LogP contribution >= 0.6 is 0 Å². The summed E-state index contributed by atoms with van der Waals surface area (Å²) in [4.78, 5) is 48.6. The number of para-hydroxylation sites is 1. The molecule has 1 heterocycles. The molecule has 0 fully saturated rings. The number of hydrogen-bond acceptors (Lipinski definition) is 12. The first-order valence-electron chi connectivity index (χ1n) is 15.6. The normalized spacial score (nSPS) is 15.1. The van der Waals surface area contributed by atoms with Gasteiger partial charge in [-0.15, -0.1) is 0 Å². The molecule has 1 amide bonds. The average molecular weight is 709 g/mol. The molecule has 2 aromatic carbocycles. The van der Waals surface area contributed by atoms with E-state index in [1.54, 1.807) is 12.1 Å². The van der Waals surface area contributed by atoms with E-state index in [-0.39, 0.29) is 49.5 Å². The van der Waals surface area contributed by atoms with Crippen LogP contribution in [-0.4, -0.2) is 86.9 Å². The number of allylic oxidation sites excluding steroid dienone is 2. The zero-order valence-electron chi connectivity index (χ0n) is 27.4. The molecule has 0 spiro atoms. The molecule has 0 aliphatic carbocycles. The minimum atomic E-state index is -5.07. The van der Waals surface area contributed by atoms with Gasteiger partial charge in [-0.3, -0.25) is 10.1 Å². The van der Waals surface area contributed by atoms with Gasteiger partial charge in [-0.2, -0.15) is 13.2 Å². The SMILES string of the molecule is COC(=O)C1=C(C(F)(F)F)NC(C)=C(C(=O)OCCCCOC(=O)NCCCNCC(O)COc2ccccc2)C1c1cccc([N+](=O)[O-])c1. The first kappa shape index (κ1) is 39.3. The Kier molecular flexibility index (Phi) is 15.0. The molecule has 1 aliphatic rings. The number of nitrogens with zero attached hydrogens (tertiary/aromatic N) is 1. The zero-order chi connectivity index (χ0) is 36.7. The van der Waals surface area contributed by atoms with Crippen LogP contribution in [0.1, 0.15) is 37.7 Å². The van der Waals surface area contributed by atoms with Gasteiger partial charge in [0.05, 0.1) is 42.3 Å². The summed E-state index contributed by atoms with van der Waals surface area (Å²) >= 11 is 0. The Labute approximate surface area is 285 Å². The van der Waals surface area contributed by atoms with Crippen molar-refractivity contribution in [3.63, 3.8) is 0 Å². The highest BCUT2D eigenvalue weighted by Crippen LogP contribution is 2.44. The summed E-state index contributed by atoms with van der Waals surface area (Å²) in [6, 6.07) is 13.7. The molecule has 272 valence electrons. The molecule has 1 aliphatic heterocycles. The quantitative estimate of drug-likeness (QED) is 0.0574. The molecule has 2 unspecified atom stereocenters. The summed E-state index contributed by atoms with van der Waals surface area (Å²) in [7, 11) is 0.870. The van der Waals surface area contributed by atoms with Crippen molar-refractivity contribution < 1.29 is 56.5 Å². The molecule has 2 atom stereocenters. The number of methoxy groups -OCH3 is 1. The molecule has 4 N–H and O–H groups in total. The number of nitro groups is 1. The van der Waals surface area contributed by atoms with Crippen LogP contribution in [0.2, 0.25) is 0 Å². The third kappa shape index (κ3) is 11.8. The Hall–Kier alpha value is -5.16. The van der Waals surface area contributed by atoms with Crippen molar-refractivity contribution in [3.05, 3.63) is 92.8 Å². The molecule has 0 aromatic heterocycles. The van der Waals surface area contributed by atoms with Crippen LogP contribution in [-0.2, 0) is 23.8 Å². The van der Waals surface area contributed by atoms with Crippen molar-refractivity contribution >= 4 is 23.7 Å². The van der Waals surface area contributed by atoms with Crippen LogP contribution in [0.5, 0.6) is 5.75 Å². The second-order valence-corrected chi connectivity index (χ2v) is 11.0. The molecule has 0 bridgehead atoms. The molecule has 0 saturated carbocycles. The highest BCUT2D eigenvalue weighted by Gasteiger charge is 2.47. The van der Waals surface area contributed by atoms with Gasteiger partial charge in [0.25, 0.3) is 5.69 Å². The van der Waals surface area contributed by atoms with Gasteiger partial charge in [0.1, 0.15) is 24.2 Å². The predicted octanol–water partition coefficient (Wildman–Crippen LogP) is 4.01. The average Bonchev–Trinajstić information content (AvgIpc) is 3.09. The smallest absolute Gasteiger partial charge is 0.431 e. The lowest BCUT2D eigenvalue weighted by Gasteiger charge is -2.31. The number of nitro benzene ring substituents is 1. The highest BCUT2D eigenvalue weighted by molar-refractivity contribution is 6.00. The largest absolute Gasteiger partial charge is 0.491 e. The van der Waals surface area contributed by atoms with E-state index in [2.05, 4.69) is 20.7 Å². The van der Waals surface area contributed by atoms with E-state index >= 15 is 0 Å². The summed E-state index contributed by atoms with van der Waals surface area (Å²) in [5.74, 6) is -3.49. The fraction of sp³-hybridized carbons (Fsp3) is 0.424. The summed E-state index contributed by atoms with van der Waals surface area (Å²) in [5.41, 5.74) is -3.65. The number of hydrogen-bond donors (Lipinski definition) is 4. The fourth-order valence-corrected chi connectivity index (χ4v) is 4.91. The van der Waals surface area contributed by atoms with Crippen LogP contribution in [0.4, 0.5) is 23.7 Å². The highest BCUT2D eigenvalue weighted by atomic mass is 19.4. The van der Waals surface area contributed by atoms with Gasteiger partial charge >= 0.3 is 24.2 Å². The molecule has 2 aromatic rings. The second-order valence-electron chi connectivity index (χ2n) is 11.0. The Morgan fingerprint density at radius 2 is 1.68 bits per heavy atom. The summed E-state index contributed by atoms with van der Waals surface area (Å²) in [6.45, 7) is 2.24. The fourth-order valence-electron chi connectivity index (χ4n) is 4.91. The number of carbonyl (C=O) groups is 3. The first-order chi connectivity index (χ1) is 23.8. The maximum Gasteiger partial charge on any atom is 0.431 e. The lowest BCUT2D eigenvalue weighted by molar-refractivity contribution is -0.384. The number of carbonyl (C=O) groups excluding carboxylic acids is 3. The number of benzene rings is 2. The lowest BCUT2D eigenvalue weighted by atomic mass is 9.80. The number of rotatable bonds is 18. The third-order valence-electron chi connectivity index (χ3n) is 7.26. The van der Waals surface area contributed by atoms with Crippen molar-refractivity contribution in [1.82, 2.24) is 16.0 Å². The number of alkyl halides is 3. The van der Waals surface area contributed by atoms with Crippen molar-refractivity contribution in [2.75, 3.05) is 46.6 Å². The van der Waals surface area contributed by atoms with Gasteiger partial charge in [0.15, 0.2) is 0 Å². The van der Waals surface area contributed by atoms with Crippen LogP contribution in [0.15, 0.2) is 77.1 Å². The summed E-state index contributed by atoms with van der Waals surface area (Å²) in [5, 5.41) is 29.1. The number of nitrogens with one attached hydrogen (secondary N) is 3. The van der Waals surface area contributed by atoms with E-state index in [9.17, 15) is 42.8 Å². The van der Waals surface area contributed by atoms with E-state index in [1.165, 1.54) is 19.1 Å². The maximum absolute atomic E-state index is 14.0. The number of dihydropyridines is 1. The third-order valence-corrected chi connectivity index (χ3v) is 7.26. The predicted molar refractivity (Wildman–Crippen MR) is 172 cm³/mol. The molecule has 17 heteroatoms. The van der Waals surface area contributed by atoms with E-state index in [4.69, 9.17) is 14.2 Å². The number of aliphatic hydroxyl groups is 1. The lowest BCUT2D eigenvalue weighted by Crippen LogP contribution is -2.38. The van der Waals surface area contributed by atoms with E-state index in [1.807, 2.05) is 18.2 Å². The van der Waals surface area contributed by atoms with E-state index < -0.39 is 58.1 Å². The monoisotopic (exact) mass is 708 g/mol. The molecular formula is C33H39F3N4O10. The van der Waals surface area contributed by atoms with Gasteiger partial charge in [-0.05, 0) is 50.4 Å². The topological polar surface area (TPSA) is 188 Å². The number of halogens is 3. The van der Waals surface area contributed by atoms with Crippen molar-refractivity contribution in [2.24, 2.45) is 0 Å². The molecule has 0 saturated heterocycles. The van der Waals surface area contributed by atoms with Gasteiger partial charge in [0.2, 0.25) is 0 Å². The number of alkyl carbamates (subject to hydrolysis) is 1. The minimum Gasteiger partial charge on any atom is -0.491 e. The standard InChI is InChI=1S/C33H39F3N4O10/c1-21-26(27(22-10-8-11-23(18-22)40(45)46)28(30(42)47-2)29(39-21)33(34,35)36)31(43)48-16-6-7-17-49-32(44)38-15-9-14-37-19-24(41)20-50-25-12-4-3-5-13-25/h3-5,8,10-13,18,24,27,37,39,41H,6-7,9,14-17,19-20H2,1-2H3,(H,38,44). The second kappa shape index (κ2) is 19.1. The maximum atomic E-state index is 14.0. The number of amides is 1. The Balaban J connectivity index is 1.44. The molecule has 0 radical (unpaired) electrons. The van der Waals surface area contributed by atoms with Crippen LogP contribution in [0.3, 0.4) is 0 Å². The van der Waals surface area contributed by atoms with Crippen LogP contribution in [0, 0.1) is 10.1 Å². The van der Waals surface area contributed by atoms with Gasteiger partial charge in [-0.25, -0.2) is 14.4 Å².